The van der Waals surface area contributed by atoms with Gasteiger partial charge in [0.1, 0.15) is 12.4 Å². The molecule has 2 rings (SSSR count). The van der Waals surface area contributed by atoms with E-state index in [1.165, 1.54) is 0 Å². The summed E-state index contributed by atoms with van der Waals surface area (Å²) in [7, 11) is 1.64. The quantitative estimate of drug-likeness (QED) is 0.710. The molecule has 2 aromatic carbocycles. The molecule has 0 aliphatic carbocycles. The third-order valence-corrected chi connectivity index (χ3v) is 2.35. The van der Waals surface area contributed by atoms with Gasteiger partial charge >= 0.3 is 0 Å². The second-order valence-corrected chi connectivity index (χ2v) is 3.12. The average Bonchev–Trinajstić information content (AvgIpc) is 2.27. The zero-order valence-electron chi connectivity index (χ0n) is 7.99. The highest BCUT2D eigenvalue weighted by atomic mass is 16.5. The van der Waals surface area contributed by atoms with Gasteiger partial charge in [0.25, 0.3) is 0 Å². The van der Waals surface area contributed by atoms with Crippen LogP contribution >= 0.6 is 0 Å². The second-order valence-electron chi connectivity index (χ2n) is 3.12. The van der Waals surface area contributed by atoms with Crippen molar-refractivity contribution in [3.8, 4) is 5.75 Å². The molecule has 2 nitrogen and oxygen atoms in total. The lowest BCUT2D eigenvalue weighted by Gasteiger charge is -2.07. The molecule has 0 aromatic heterocycles. The molecular weight excluding hydrogens is 176 g/mol. The summed E-state index contributed by atoms with van der Waals surface area (Å²) in [6.07, 6.45) is 0. The highest BCUT2D eigenvalue weighted by Gasteiger charge is 2.03. The summed E-state index contributed by atoms with van der Waals surface area (Å²) in [5, 5.41) is 12.9. The summed E-state index contributed by atoms with van der Waals surface area (Å²) in [5.74, 6) is 0.817. The molecule has 0 bridgehead atoms. The molecule has 1 radical (unpaired) electrons. The Labute approximate surface area is 82.8 Å². The molecule has 0 spiro atoms. The Balaban J connectivity index is 2.77. The van der Waals surface area contributed by atoms with Crippen molar-refractivity contribution in [3.63, 3.8) is 0 Å². The third-order valence-electron chi connectivity index (χ3n) is 2.35. The molecule has 14 heavy (non-hydrogen) atoms. The lowest BCUT2D eigenvalue weighted by Crippen LogP contribution is -1.88. The van der Waals surface area contributed by atoms with E-state index in [4.69, 9.17) is 4.74 Å². The molecule has 71 valence electrons. The van der Waals surface area contributed by atoms with E-state index in [1.54, 1.807) is 7.11 Å². The van der Waals surface area contributed by atoms with Crippen molar-refractivity contribution in [1.29, 1.82) is 0 Å². The van der Waals surface area contributed by atoms with Gasteiger partial charge in [-0.1, -0.05) is 30.3 Å². The Bertz CT molecular complexity index is 406. The van der Waals surface area contributed by atoms with E-state index in [0.717, 1.165) is 22.1 Å². The molecule has 0 atom stereocenters. The molecule has 0 unspecified atom stereocenters. The van der Waals surface area contributed by atoms with Gasteiger partial charge in [0.15, 0.2) is 0 Å². The zero-order valence-corrected chi connectivity index (χ0v) is 7.99. The van der Waals surface area contributed by atoms with Gasteiger partial charge in [-0.2, -0.15) is 0 Å². The molecule has 0 fully saturated rings. The number of hydrogen-bond acceptors (Lipinski definition) is 1. The van der Waals surface area contributed by atoms with Crippen LogP contribution < -0.4 is 4.74 Å². The van der Waals surface area contributed by atoms with E-state index < -0.39 is 0 Å². The van der Waals surface area contributed by atoms with Gasteiger partial charge in [-0.05, 0) is 17.0 Å². The summed E-state index contributed by atoms with van der Waals surface area (Å²) < 4.78 is 5.22. The highest BCUT2D eigenvalue weighted by Crippen LogP contribution is 2.27. The van der Waals surface area contributed by atoms with E-state index in [9.17, 15) is 5.11 Å². The minimum absolute atomic E-state index is 0.190. The van der Waals surface area contributed by atoms with Gasteiger partial charge in [-0.3, -0.25) is 0 Å². The molecule has 0 aliphatic rings. The smallest absolute Gasteiger partial charge is 0.126 e. The fraction of sp³-hybridized carbons (Fsp3) is 0.167. The van der Waals surface area contributed by atoms with Crippen LogP contribution in [-0.2, 0) is 11.7 Å². The first-order valence-corrected chi connectivity index (χ1v) is 4.49. The Kier molecular flexibility index (Phi) is 2.37. The monoisotopic (exact) mass is 187 g/mol. The Morgan fingerprint density at radius 2 is 1.79 bits per heavy atom. The van der Waals surface area contributed by atoms with Crippen LogP contribution in [0.15, 0.2) is 36.4 Å². The molecule has 2 heteroatoms. The van der Waals surface area contributed by atoms with E-state index in [0.29, 0.717) is 0 Å². The van der Waals surface area contributed by atoms with Crippen LogP contribution in [0.25, 0.3) is 10.8 Å². The molecule has 0 saturated carbocycles. The van der Waals surface area contributed by atoms with Crippen LogP contribution in [0.2, 0.25) is 0 Å². The number of methoxy groups -OCH3 is 1. The molecular formula is C12H11O2. The van der Waals surface area contributed by atoms with Gasteiger partial charge < -0.3 is 4.74 Å². The lowest BCUT2D eigenvalue weighted by atomic mass is 10.0. The van der Waals surface area contributed by atoms with Crippen molar-refractivity contribution >= 4 is 10.8 Å². The normalized spacial score (nSPS) is 10.4. The predicted octanol–water partition coefficient (Wildman–Crippen LogP) is 2.78. The van der Waals surface area contributed by atoms with Crippen LogP contribution in [0, 0.1) is 0 Å². The number of rotatable bonds is 2. The van der Waals surface area contributed by atoms with Gasteiger partial charge in [-0.25, -0.2) is 5.11 Å². The molecule has 0 aliphatic heterocycles. The van der Waals surface area contributed by atoms with Crippen molar-refractivity contribution < 1.29 is 9.84 Å². The maximum atomic E-state index is 10.9. The number of ether oxygens (including phenoxy) is 1. The van der Waals surface area contributed by atoms with E-state index in [2.05, 4.69) is 0 Å². The molecule has 2 aromatic rings. The Morgan fingerprint density at radius 3 is 2.50 bits per heavy atom. The van der Waals surface area contributed by atoms with Crippen molar-refractivity contribution in [3.05, 3.63) is 42.0 Å². The van der Waals surface area contributed by atoms with Crippen LogP contribution in [-0.4, -0.2) is 7.11 Å². The maximum absolute atomic E-state index is 10.9. The first-order chi connectivity index (χ1) is 6.86. The van der Waals surface area contributed by atoms with Gasteiger partial charge in [-0.15, -0.1) is 0 Å². The van der Waals surface area contributed by atoms with Gasteiger partial charge in [0, 0.05) is 5.39 Å². The standard InChI is InChI=1S/C12H11O2/c1-14-12-7-3-5-10-9(8-13)4-2-6-11(10)12/h2-7H,8H2,1H3. The fourth-order valence-electron chi connectivity index (χ4n) is 1.65. The summed E-state index contributed by atoms with van der Waals surface area (Å²) in [6, 6.07) is 11.5. The van der Waals surface area contributed by atoms with Crippen LogP contribution in [0.4, 0.5) is 0 Å². The molecule has 0 amide bonds. The predicted molar refractivity (Wildman–Crippen MR) is 54.9 cm³/mol. The molecule has 0 N–H and O–H groups in total. The summed E-state index contributed by atoms with van der Waals surface area (Å²) in [4.78, 5) is 0. The largest absolute Gasteiger partial charge is 0.496 e. The molecule has 0 saturated heterocycles. The van der Waals surface area contributed by atoms with Crippen molar-refractivity contribution in [1.82, 2.24) is 0 Å². The van der Waals surface area contributed by atoms with Crippen molar-refractivity contribution in [2.24, 2.45) is 0 Å². The second kappa shape index (κ2) is 3.68. The van der Waals surface area contributed by atoms with Crippen LogP contribution in [0.5, 0.6) is 5.75 Å². The number of fused-ring (bicyclic) bond motifs is 1. The Morgan fingerprint density at radius 1 is 1.07 bits per heavy atom. The first-order valence-electron chi connectivity index (χ1n) is 4.49. The summed E-state index contributed by atoms with van der Waals surface area (Å²) in [6.45, 7) is -0.190. The maximum Gasteiger partial charge on any atom is 0.126 e. The van der Waals surface area contributed by atoms with Gasteiger partial charge in [0.2, 0.25) is 0 Å². The fourth-order valence-corrected chi connectivity index (χ4v) is 1.65. The topological polar surface area (TPSA) is 29.1 Å². The SMILES string of the molecule is COc1cccc2c(C[O])cccc12. The summed E-state index contributed by atoms with van der Waals surface area (Å²) >= 11 is 0. The zero-order chi connectivity index (χ0) is 9.97. The highest BCUT2D eigenvalue weighted by molar-refractivity contribution is 5.90. The number of benzene rings is 2. The van der Waals surface area contributed by atoms with E-state index in [1.807, 2.05) is 36.4 Å². The minimum Gasteiger partial charge on any atom is -0.496 e. The van der Waals surface area contributed by atoms with Crippen molar-refractivity contribution in [2.45, 2.75) is 6.61 Å². The van der Waals surface area contributed by atoms with Crippen LogP contribution in [0.1, 0.15) is 5.56 Å². The summed E-state index contributed by atoms with van der Waals surface area (Å²) in [5.41, 5.74) is 0.821. The Hall–Kier alpha value is -1.54. The first kappa shape index (κ1) is 9.03. The average molecular weight is 187 g/mol. The van der Waals surface area contributed by atoms with Crippen molar-refractivity contribution in [2.75, 3.05) is 7.11 Å². The third kappa shape index (κ3) is 1.34. The van der Waals surface area contributed by atoms with Crippen LogP contribution in [0.3, 0.4) is 0 Å². The van der Waals surface area contributed by atoms with E-state index >= 15 is 0 Å². The lowest BCUT2D eigenvalue weighted by molar-refractivity contribution is 0.179. The minimum atomic E-state index is -0.190. The number of hydrogen-bond donors (Lipinski definition) is 0. The van der Waals surface area contributed by atoms with E-state index in [-0.39, 0.29) is 6.61 Å². The van der Waals surface area contributed by atoms with Gasteiger partial charge in [0.05, 0.1) is 7.11 Å². The molecule has 0 heterocycles.